The van der Waals surface area contributed by atoms with Crippen LogP contribution in [0.2, 0.25) is 0 Å². The molecule has 0 spiro atoms. The van der Waals surface area contributed by atoms with Gasteiger partial charge in [-0.25, -0.2) is 4.98 Å². The summed E-state index contributed by atoms with van der Waals surface area (Å²) in [5.74, 6) is -0.865. The van der Waals surface area contributed by atoms with E-state index in [0.717, 1.165) is 16.9 Å². The largest absolute Gasteiger partial charge is 0.485 e. The molecule has 0 aliphatic carbocycles. The number of nitro groups is 1. The lowest BCUT2D eigenvalue weighted by atomic mass is 10.1. The summed E-state index contributed by atoms with van der Waals surface area (Å²) in [6, 6.07) is 15.3. The second kappa shape index (κ2) is 8.41. The minimum Gasteiger partial charge on any atom is -0.485 e. The molecule has 0 aliphatic heterocycles. The molecule has 0 aliphatic rings. The average molecular weight is 393 g/mol. The summed E-state index contributed by atoms with van der Waals surface area (Å²) in [5.41, 5.74) is 1.88. The van der Waals surface area contributed by atoms with E-state index in [1.807, 2.05) is 25.1 Å². The highest BCUT2D eigenvalue weighted by molar-refractivity contribution is 7.10. The van der Waals surface area contributed by atoms with Crippen LogP contribution in [0.1, 0.15) is 16.5 Å². The lowest BCUT2D eigenvalue weighted by molar-refractivity contribution is -0.384. The van der Waals surface area contributed by atoms with E-state index in [-0.39, 0.29) is 12.3 Å². The highest BCUT2D eigenvalue weighted by Crippen LogP contribution is 2.29. The third-order valence-electron chi connectivity index (χ3n) is 4.04. The number of aromatic nitrogens is 1. The van der Waals surface area contributed by atoms with E-state index >= 15 is 0 Å². The Morgan fingerprint density at radius 3 is 2.82 bits per heavy atom. The molecule has 1 unspecified atom stereocenters. The van der Waals surface area contributed by atoms with Gasteiger partial charge in [-0.3, -0.25) is 14.9 Å². The number of ketones is 1. The molecule has 0 N–H and O–H groups in total. The van der Waals surface area contributed by atoms with Gasteiger partial charge < -0.3 is 4.74 Å². The van der Waals surface area contributed by atoms with E-state index in [0.29, 0.717) is 22.0 Å². The molecule has 2 aromatic carbocycles. The molecule has 0 radical (unpaired) electrons. The Labute approximate surface area is 165 Å². The number of aryl methyl sites for hydroxylation is 1. The van der Waals surface area contributed by atoms with Crippen molar-refractivity contribution in [1.82, 2.24) is 4.98 Å². The number of hydrogen-bond acceptors (Lipinski definition) is 7. The van der Waals surface area contributed by atoms with E-state index in [4.69, 9.17) is 4.74 Å². The molecule has 140 valence electrons. The Morgan fingerprint density at radius 1 is 1.32 bits per heavy atom. The zero-order chi connectivity index (χ0) is 20.1. The molecule has 0 bridgehead atoms. The first-order valence-corrected chi connectivity index (χ1v) is 9.18. The maximum Gasteiger partial charge on any atom is 0.270 e. The zero-order valence-corrected chi connectivity index (χ0v) is 15.7. The lowest BCUT2D eigenvalue weighted by Crippen LogP contribution is -2.19. The summed E-state index contributed by atoms with van der Waals surface area (Å²) in [5, 5.41) is 22.4. The van der Waals surface area contributed by atoms with Crippen LogP contribution in [-0.2, 0) is 4.79 Å². The molecule has 1 heterocycles. The second-order valence-electron chi connectivity index (χ2n) is 5.96. The van der Waals surface area contributed by atoms with Gasteiger partial charge in [-0.1, -0.05) is 30.3 Å². The molecular formula is C20H15N3O4S. The minimum atomic E-state index is -1.05. The maximum absolute atomic E-state index is 12.5. The number of para-hydroxylation sites is 1. The maximum atomic E-state index is 12.5. The van der Waals surface area contributed by atoms with Crippen molar-refractivity contribution in [3.63, 3.8) is 0 Å². The Kier molecular flexibility index (Phi) is 5.77. The topological polar surface area (TPSA) is 106 Å². The Balaban J connectivity index is 1.76. The van der Waals surface area contributed by atoms with Crippen molar-refractivity contribution < 1.29 is 14.5 Å². The molecule has 1 atom stereocenters. The summed E-state index contributed by atoms with van der Waals surface area (Å²) in [6.07, 6.45) is 0. The molecule has 0 saturated heterocycles. The van der Waals surface area contributed by atoms with Gasteiger partial charge in [-0.2, -0.15) is 5.26 Å². The van der Waals surface area contributed by atoms with Crippen LogP contribution < -0.4 is 4.74 Å². The van der Waals surface area contributed by atoms with Crippen molar-refractivity contribution in [1.29, 1.82) is 5.26 Å². The number of thiazole rings is 1. The Morgan fingerprint density at radius 2 is 2.11 bits per heavy atom. The zero-order valence-electron chi connectivity index (χ0n) is 14.9. The van der Waals surface area contributed by atoms with Crippen LogP contribution in [0.5, 0.6) is 5.75 Å². The SMILES string of the molecule is Cc1ccccc1OCC(=O)C(C#N)c1nc(-c2cccc([N+](=O)[O-])c2)cs1. The van der Waals surface area contributed by atoms with Gasteiger partial charge in [0.25, 0.3) is 5.69 Å². The van der Waals surface area contributed by atoms with Gasteiger partial charge in [0.1, 0.15) is 17.4 Å². The smallest absolute Gasteiger partial charge is 0.270 e. The van der Waals surface area contributed by atoms with Crippen LogP contribution in [-0.4, -0.2) is 22.3 Å². The molecule has 0 fully saturated rings. The standard InChI is InChI=1S/C20H15N3O4S/c1-13-5-2-3-8-19(13)27-11-18(24)16(10-21)20-22-17(12-28-20)14-6-4-7-15(9-14)23(25)26/h2-9,12,16H,11H2,1H3. The van der Waals surface area contributed by atoms with Crippen LogP contribution in [0.15, 0.2) is 53.9 Å². The fourth-order valence-electron chi connectivity index (χ4n) is 2.55. The lowest BCUT2D eigenvalue weighted by Gasteiger charge is -2.09. The van der Waals surface area contributed by atoms with E-state index < -0.39 is 16.6 Å². The third-order valence-corrected chi connectivity index (χ3v) is 4.95. The number of ether oxygens (including phenoxy) is 1. The Bertz CT molecular complexity index is 1070. The number of nitrogens with zero attached hydrogens (tertiary/aromatic N) is 3. The van der Waals surface area contributed by atoms with Gasteiger partial charge in [0, 0.05) is 23.1 Å². The van der Waals surface area contributed by atoms with Crippen molar-refractivity contribution in [3.8, 4) is 23.1 Å². The number of Topliss-reactive ketones (excluding diaryl/α,β-unsaturated/α-hetero) is 1. The number of rotatable bonds is 7. The van der Waals surface area contributed by atoms with Gasteiger partial charge in [0.2, 0.25) is 0 Å². The number of non-ortho nitro benzene ring substituents is 1. The van der Waals surface area contributed by atoms with Gasteiger partial charge in [0.05, 0.1) is 16.7 Å². The fourth-order valence-corrected chi connectivity index (χ4v) is 3.44. The van der Waals surface area contributed by atoms with E-state index in [9.17, 15) is 20.2 Å². The van der Waals surface area contributed by atoms with E-state index in [2.05, 4.69) is 4.98 Å². The Hall–Kier alpha value is -3.57. The minimum absolute atomic E-state index is 0.0495. The summed E-state index contributed by atoms with van der Waals surface area (Å²) in [4.78, 5) is 27.3. The van der Waals surface area contributed by atoms with Crippen molar-refractivity contribution in [3.05, 3.63) is 74.6 Å². The predicted octanol–water partition coefficient (Wildman–Crippen LogP) is 4.28. The first-order valence-electron chi connectivity index (χ1n) is 8.30. The van der Waals surface area contributed by atoms with Crippen LogP contribution in [0.4, 0.5) is 5.69 Å². The fraction of sp³-hybridized carbons (Fsp3) is 0.150. The number of benzene rings is 2. The van der Waals surface area contributed by atoms with Crippen LogP contribution in [0, 0.1) is 28.4 Å². The number of nitriles is 1. The summed E-state index contributed by atoms with van der Waals surface area (Å²) >= 11 is 1.16. The molecule has 0 saturated carbocycles. The molecule has 3 aromatic rings. The number of carbonyl (C=O) groups is 1. The van der Waals surface area contributed by atoms with Crippen molar-refractivity contribution in [2.45, 2.75) is 12.8 Å². The monoisotopic (exact) mass is 393 g/mol. The molecule has 0 amide bonds. The van der Waals surface area contributed by atoms with Crippen LogP contribution in [0.25, 0.3) is 11.3 Å². The van der Waals surface area contributed by atoms with E-state index in [1.54, 1.807) is 29.6 Å². The quantitative estimate of drug-likeness (QED) is 0.438. The molecule has 1 aromatic heterocycles. The predicted molar refractivity (Wildman–Crippen MR) is 104 cm³/mol. The summed E-state index contributed by atoms with van der Waals surface area (Å²) in [6.45, 7) is 1.63. The highest BCUT2D eigenvalue weighted by Gasteiger charge is 2.24. The molecule has 3 rings (SSSR count). The first kappa shape index (κ1) is 19.2. The highest BCUT2D eigenvalue weighted by atomic mass is 32.1. The van der Waals surface area contributed by atoms with Gasteiger partial charge in [-0.05, 0) is 18.6 Å². The van der Waals surface area contributed by atoms with Crippen molar-refractivity contribution >= 4 is 22.8 Å². The van der Waals surface area contributed by atoms with Gasteiger partial charge >= 0.3 is 0 Å². The average Bonchev–Trinajstić information content (AvgIpc) is 3.18. The number of hydrogen-bond donors (Lipinski definition) is 0. The first-order chi connectivity index (χ1) is 13.5. The van der Waals surface area contributed by atoms with Gasteiger partial charge in [0.15, 0.2) is 11.7 Å². The molecule has 8 heteroatoms. The molecule has 28 heavy (non-hydrogen) atoms. The van der Waals surface area contributed by atoms with Crippen molar-refractivity contribution in [2.75, 3.05) is 6.61 Å². The number of nitro benzene ring substituents is 1. The van der Waals surface area contributed by atoms with Crippen LogP contribution in [0.3, 0.4) is 0 Å². The second-order valence-corrected chi connectivity index (χ2v) is 6.85. The summed E-state index contributed by atoms with van der Waals surface area (Å²) in [7, 11) is 0. The van der Waals surface area contributed by atoms with E-state index in [1.165, 1.54) is 12.1 Å². The number of carbonyl (C=O) groups excluding carboxylic acids is 1. The normalized spacial score (nSPS) is 11.4. The van der Waals surface area contributed by atoms with Gasteiger partial charge in [-0.15, -0.1) is 11.3 Å². The summed E-state index contributed by atoms with van der Waals surface area (Å²) < 4.78 is 5.54. The third kappa shape index (κ3) is 4.22. The van der Waals surface area contributed by atoms with Crippen LogP contribution >= 0.6 is 11.3 Å². The van der Waals surface area contributed by atoms with Crippen molar-refractivity contribution in [2.24, 2.45) is 0 Å². The molecule has 7 nitrogen and oxygen atoms in total. The molecular weight excluding hydrogens is 378 g/mol.